The van der Waals surface area contributed by atoms with Crippen molar-refractivity contribution in [1.29, 1.82) is 0 Å². The Bertz CT molecular complexity index is 409. The lowest BCUT2D eigenvalue weighted by atomic mass is 10.2. The number of aryl methyl sites for hydroxylation is 1. The highest BCUT2D eigenvalue weighted by Gasteiger charge is 2.06. The van der Waals surface area contributed by atoms with E-state index in [1.807, 2.05) is 0 Å². The first-order valence-corrected chi connectivity index (χ1v) is 8.24. The van der Waals surface area contributed by atoms with Crippen LogP contribution in [-0.4, -0.2) is 26.5 Å². The van der Waals surface area contributed by atoms with Crippen molar-refractivity contribution in [3.05, 3.63) is 21.9 Å². The average molecular weight is 261 g/mol. The fraction of sp³-hybridized carbons (Fsp3) is 0.636. The normalized spacial score (nSPS) is 11.9. The van der Waals surface area contributed by atoms with Crippen LogP contribution in [0.25, 0.3) is 0 Å². The maximum atomic E-state index is 11.2. The molecule has 1 rings (SSSR count). The van der Waals surface area contributed by atoms with Crippen molar-refractivity contribution in [3.8, 4) is 0 Å². The molecule has 0 spiro atoms. The van der Waals surface area contributed by atoms with Crippen LogP contribution >= 0.6 is 11.3 Å². The molecule has 1 heterocycles. The molecule has 0 amide bonds. The minimum Gasteiger partial charge on any atom is -0.313 e. The first-order valence-electron chi connectivity index (χ1n) is 5.48. The zero-order valence-corrected chi connectivity index (χ0v) is 11.5. The molecule has 0 radical (unpaired) electrons. The molecule has 0 aromatic carbocycles. The van der Waals surface area contributed by atoms with Gasteiger partial charge in [-0.05, 0) is 41.8 Å². The van der Waals surface area contributed by atoms with E-state index in [2.05, 4.69) is 23.0 Å². The summed E-state index contributed by atoms with van der Waals surface area (Å²) in [5, 5.41) is 7.52. The van der Waals surface area contributed by atoms with E-state index < -0.39 is 9.84 Å². The molecule has 0 aliphatic rings. The Kier molecular flexibility index (Phi) is 5.44. The van der Waals surface area contributed by atoms with Crippen LogP contribution in [0.2, 0.25) is 0 Å². The molecule has 0 bridgehead atoms. The van der Waals surface area contributed by atoms with E-state index in [4.69, 9.17) is 0 Å². The summed E-state index contributed by atoms with van der Waals surface area (Å²) in [5.74, 6) is 0.537. The number of hydrogen-bond acceptors (Lipinski definition) is 4. The van der Waals surface area contributed by atoms with Crippen LogP contribution in [0.4, 0.5) is 0 Å². The third-order valence-electron chi connectivity index (χ3n) is 2.53. The van der Waals surface area contributed by atoms with Crippen molar-refractivity contribution in [2.75, 3.05) is 18.1 Å². The first kappa shape index (κ1) is 13.7. The second-order valence-corrected chi connectivity index (χ2v) is 7.06. The zero-order valence-electron chi connectivity index (χ0n) is 9.82. The van der Waals surface area contributed by atoms with E-state index in [0.29, 0.717) is 12.2 Å². The van der Waals surface area contributed by atoms with Crippen LogP contribution in [0, 0.1) is 6.92 Å². The summed E-state index contributed by atoms with van der Waals surface area (Å²) in [6.07, 6.45) is 0.694. The van der Waals surface area contributed by atoms with Crippen molar-refractivity contribution in [1.82, 2.24) is 5.32 Å². The molecule has 16 heavy (non-hydrogen) atoms. The van der Waals surface area contributed by atoms with Gasteiger partial charge in [0.1, 0.15) is 9.84 Å². The predicted octanol–water partition coefficient (Wildman–Crippen LogP) is 1.97. The summed E-state index contributed by atoms with van der Waals surface area (Å²) >= 11 is 1.70. The standard InChI is InChI=1S/C11H19NO2S2/c1-3-16(13,14)6-4-5-12-7-11-9-15-8-10(11)2/h8-9,12H,3-7H2,1-2H3. The lowest BCUT2D eigenvalue weighted by molar-refractivity contribution is 0.590. The molecular weight excluding hydrogens is 242 g/mol. The second-order valence-electron chi connectivity index (χ2n) is 3.85. The molecule has 0 saturated carbocycles. The van der Waals surface area contributed by atoms with Gasteiger partial charge in [0, 0.05) is 12.3 Å². The van der Waals surface area contributed by atoms with Gasteiger partial charge in [0.2, 0.25) is 0 Å². The summed E-state index contributed by atoms with van der Waals surface area (Å²) in [5.41, 5.74) is 2.61. The largest absolute Gasteiger partial charge is 0.313 e. The summed E-state index contributed by atoms with van der Waals surface area (Å²) in [6.45, 7) is 5.38. The Hall–Kier alpha value is -0.390. The highest BCUT2D eigenvalue weighted by atomic mass is 32.2. The van der Waals surface area contributed by atoms with Crippen LogP contribution in [0.3, 0.4) is 0 Å². The third-order valence-corrected chi connectivity index (χ3v) is 5.23. The van der Waals surface area contributed by atoms with Crippen LogP contribution in [0.5, 0.6) is 0 Å². The van der Waals surface area contributed by atoms with E-state index in [0.717, 1.165) is 13.1 Å². The van der Waals surface area contributed by atoms with Gasteiger partial charge in [-0.3, -0.25) is 0 Å². The quantitative estimate of drug-likeness (QED) is 0.763. The zero-order chi connectivity index (χ0) is 12.0. The number of hydrogen-bond donors (Lipinski definition) is 1. The summed E-state index contributed by atoms with van der Waals surface area (Å²) in [6, 6.07) is 0. The van der Waals surface area contributed by atoms with Crippen LogP contribution in [-0.2, 0) is 16.4 Å². The van der Waals surface area contributed by atoms with E-state index in [1.165, 1.54) is 11.1 Å². The Morgan fingerprint density at radius 3 is 2.69 bits per heavy atom. The minimum atomic E-state index is -2.80. The lowest BCUT2D eigenvalue weighted by Crippen LogP contribution is -2.19. The number of thiophene rings is 1. The molecule has 1 N–H and O–H groups in total. The van der Waals surface area contributed by atoms with Gasteiger partial charge in [-0.15, -0.1) is 0 Å². The molecular formula is C11H19NO2S2. The second kappa shape index (κ2) is 6.37. The van der Waals surface area contributed by atoms with E-state index in [9.17, 15) is 8.42 Å². The van der Waals surface area contributed by atoms with Crippen LogP contribution in [0.1, 0.15) is 24.5 Å². The predicted molar refractivity (Wildman–Crippen MR) is 69.7 cm³/mol. The highest BCUT2D eigenvalue weighted by molar-refractivity contribution is 7.91. The number of nitrogens with one attached hydrogen (secondary N) is 1. The molecule has 0 saturated heterocycles. The van der Waals surface area contributed by atoms with Gasteiger partial charge in [-0.1, -0.05) is 6.92 Å². The number of sulfone groups is 1. The van der Waals surface area contributed by atoms with E-state index in [-0.39, 0.29) is 5.75 Å². The van der Waals surface area contributed by atoms with E-state index in [1.54, 1.807) is 18.3 Å². The SMILES string of the molecule is CCS(=O)(=O)CCCNCc1cscc1C. The van der Waals surface area contributed by atoms with Gasteiger partial charge < -0.3 is 5.32 Å². The molecule has 0 aliphatic heterocycles. The van der Waals surface area contributed by atoms with Crippen molar-refractivity contribution in [3.63, 3.8) is 0 Å². The highest BCUT2D eigenvalue weighted by Crippen LogP contribution is 2.12. The first-order chi connectivity index (χ1) is 7.55. The van der Waals surface area contributed by atoms with Crippen molar-refractivity contribution < 1.29 is 8.42 Å². The summed E-state index contributed by atoms with van der Waals surface area (Å²) in [4.78, 5) is 0. The van der Waals surface area contributed by atoms with Gasteiger partial charge >= 0.3 is 0 Å². The van der Waals surface area contributed by atoms with Crippen molar-refractivity contribution >= 4 is 21.2 Å². The molecule has 3 nitrogen and oxygen atoms in total. The summed E-state index contributed by atoms with van der Waals surface area (Å²) in [7, 11) is -2.80. The molecule has 5 heteroatoms. The fourth-order valence-corrected chi connectivity index (χ4v) is 3.08. The Morgan fingerprint density at radius 1 is 1.38 bits per heavy atom. The van der Waals surface area contributed by atoms with E-state index >= 15 is 0 Å². The topological polar surface area (TPSA) is 46.2 Å². The molecule has 0 atom stereocenters. The molecule has 1 aromatic rings. The Balaban J connectivity index is 2.16. The smallest absolute Gasteiger partial charge is 0.150 e. The average Bonchev–Trinajstić information content (AvgIpc) is 2.64. The van der Waals surface area contributed by atoms with Gasteiger partial charge in [0.25, 0.3) is 0 Å². The molecule has 0 fully saturated rings. The Labute approximate surface area is 102 Å². The summed E-state index contributed by atoms with van der Waals surface area (Å²) < 4.78 is 22.4. The minimum absolute atomic E-state index is 0.247. The lowest BCUT2D eigenvalue weighted by Gasteiger charge is -2.04. The molecule has 0 aliphatic carbocycles. The Morgan fingerprint density at radius 2 is 2.12 bits per heavy atom. The third kappa shape index (κ3) is 4.63. The van der Waals surface area contributed by atoms with Crippen molar-refractivity contribution in [2.24, 2.45) is 0 Å². The molecule has 92 valence electrons. The van der Waals surface area contributed by atoms with Gasteiger partial charge in [-0.25, -0.2) is 8.42 Å². The molecule has 0 unspecified atom stereocenters. The maximum Gasteiger partial charge on any atom is 0.150 e. The molecule has 1 aromatic heterocycles. The monoisotopic (exact) mass is 261 g/mol. The van der Waals surface area contributed by atoms with Crippen molar-refractivity contribution in [2.45, 2.75) is 26.8 Å². The van der Waals surface area contributed by atoms with Gasteiger partial charge in [0.05, 0.1) is 5.75 Å². The van der Waals surface area contributed by atoms with Crippen LogP contribution < -0.4 is 5.32 Å². The number of rotatable bonds is 7. The maximum absolute atomic E-state index is 11.2. The fourth-order valence-electron chi connectivity index (χ4n) is 1.35. The van der Waals surface area contributed by atoms with Gasteiger partial charge in [-0.2, -0.15) is 11.3 Å². The van der Waals surface area contributed by atoms with Gasteiger partial charge in [0.15, 0.2) is 0 Å². The van der Waals surface area contributed by atoms with Crippen LogP contribution in [0.15, 0.2) is 10.8 Å².